The number of nitrogens with zero attached hydrogens (tertiary/aromatic N) is 3. The normalized spacial score (nSPS) is 11.4. The third-order valence-corrected chi connectivity index (χ3v) is 6.82. The van der Waals surface area contributed by atoms with Gasteiger partial charge in [-0.2, -0.15) is 0 Å². The van der Waals surface area contributed by atoms with Crippen molar-refractivity contribution < 1.29 is 8.42 Å². The number of hydrogen-bond acceptors (Lipinski definition) is 4. The van der Waals surface area contributed by atoms with Crippen molar-refractivity contribution in [1.82, 2.24) is 8.96 Å². The Morgan fingerprint density at radius 1 is 0.688 bits per heavy atom. The zero-order valence-electron chi connectivity index (χ0n) is 17.0. The van der Waals surface area contributed by atoms with E-state index in [9.17, 15) is 8.42 Å². The number of benzene rings is 3. The van der Waals surface area contributed by atoms with Gasteiger partial charge in [-0.3, -0.25) is 0 Å². The third kappa shape index (κ3) is 3.72. The van der Waals surface area contributed by atoms with Crippen LogP contribution < -0.4 is 0 Å². The van der Waals surface area contributed by atoms with Crippen molar-refractivity contribution in [3.05, 3.63) is 127 Å². The highest BCUT2D eigenvalue weighted by atomic mass is 32.2. The summed E-state index contributed by atoms with van der Waals surface area (Å²) in [5, 5.41) is 0. The number of rotatable bonds is 5. The average Bonchev–Trinajstić information content (AvgIpc) is 3.28. The van der Waals surface area contributed by atoms with Crippen LogP contribution in [0.3, 0.4) is 0 Å². The molecule has 0 amide bonds. The minimum absolute atomic E-state index is 0.232. The van der Waals surface area contributed by atoms with E-state index in [2.05, 4.69) is 4.98 Å². The van der Waals surface area contributed by atoms with Crippen LogP contribution in [0, 0.1) is 0 Å². The van der Waals surface area contributed by atoms with Gasteiger partial charge in [0.05, 0.1) is 21.6 Å². The van der Waals surface area contributed by atoms with E-state index in [-0.39, 0.29) is 4.90 Å². The molecule has 0 unspecified atom stereocenters. The number of fused-ring (bicyclic) bond motifs is 1. The van der Waals surface area contributed by atoms with Crippen LogP contribution in [-0.2, 0) is 10.0 Å². The molecule has 3 aromatic carbocycles. The van der Waals surface area contributed by atoms with Crippen LogP contribution in [0.2, 0.25) is 0 Å². The fraction of sp³-hybridized carbons (Fsp3) is 0. The lowest BCUT2D eigenvalue weighted by Gasteiger charge is -2.08. The van der Waals surface area contributed by atoms with Gasteiger partial charge in [-0.25, -0.2) is 22.4 Å². The molecule has 0 aliphatic heterocycles. The molecule has 5 nitrogen and oxygen atoms in total. The van der Waals surface area contributed by atoms with Gasteiger partial charge in [0.1, 0.15) is 0 Å². The summed E-state index contributed by atoms with van der Waals surface area (Å²) in [7, 11) is -3.70. The molecule has 0 atom stereocenters. The maximum Gasteiger partial charge on any atom is 0.268 e. The van der Waals surface area contributed by atoms with E-state index < -0.39 is 10.0 Å². The van der Waals surface area contributed by atoms with E-state index in [4.69, 9.17) is 4.99 Å². The molecule has 0 aliphatic carbocycles. The molecule has 0 saturated carbocycles. The van der Waals surface area contributed by atoms with Crippen LogP contribution in [0.5, 0.6) is 0 Å². The van der Waals surface area contributed by atoms with Crippen LogP contribution in [0.4, 0.5) is 5.82 Å². The predicted octanol–water partition coefficient (Wildman–Crippen LogP) is 5.44. The van der Waals surface area contributed by atoms with Gasteiger partial charge in [-0.05, 0) is 30.3 Å². The SMILES string of the molecule is O=S(=O)(c1ccccc1)n1ccc2nc(N=C(c3ccccc3)c3ccccc3)ccc21. The van der Waals surface area contributed by atoms with Crippen molar-refractivity contribution in [1.29, 1.82) is 0 Å². The third-order valence-electron chi connectivity index (χ3n) is 5.11. The maximum atomic E-state index is 13.0. The summed E-state index contributed by atoms with van der Waals surface area (Å²) >= 11 is 0. The quantitative estimate of drug-likeness (QED) is 0.344. The van der Waals surface area contributed by atoms with Gasteiger partial charge in [-0.15, -0.1) is 0 Å². The molecular weight excluding hydrogens is 418 g/mol. The van der Waals surface area contributed by atoms with Crippen LogP contribution in [0.25, 0.3) is 11.0 Å². The number of pyridine rings is 1. The smallest absolute Gasteiger partial charge is 0.240 e. The largest absolute Gasteiger partial charge is 0.268 e. The van der Waals surface area contributed by atoms with Gasteiger partial charge in [0.25, 0.3) is 10.0 Å². The Morgan fingerprint density at radius 2 is 1.25 bits per heavy atom. The Morgan fingerprint density at radius 3 is 1.84 bits per heavy atom. The van der Waals surface area contributed by atoms with Gasteiger partial charge in [0.15, 0.2) is 5.82 Å². The molecule has 5 rings (SSSR count). The standard InChI is InChI=1S/C26H19N3O2S/c30-32(31,22-14-8-3-9-15-22)29-19-18-23-24(29)16-17-25(27-23)28-26(20-10-4-1-5-11-20)21-12-6-2-7-13-21/h1-19H. The molecule has 0 spiro atoms. The number of aliphatic imine (C=N–C) groups is 1. The van der Waals surface area contributed by atoms with Crippen LogP contribution in [-0.4, -0.2) is 23.1 Å². The van der Waals surface area contributed by atoms with Crippen molar-refractivity contribution in [2.24, 2.45) is 4.99 Å². The molecule has 6 heteroatoms. The summed E-state index contributed by atoms with van der Waals surface area (Å²) < 4.78 is 27.4. The van der Waals surface area contributed by atoms with Crippen molar-refractivity contribution >= 4 is 32.6 Å². The Balaban J connectivity index is 1.60. The first kappa shape index (κ1) is 19.9. The topological polar surface area (TPSA) is 64.3 Å². The van der Waals surface area contributed by atoms with E-state index in [0.717, 1.165) is 16.8 Å². The second-order valence-corrected chi connectivity index (χ2v) is 9.01. The lowest BCUT2D eigenvalue weighted by Crippen LogP contribution is -2.11. The Kier molecular flexibility index (Phi) is 5.13. The van der Waals surface area contributed by atoms with Crippen molar-refractivity contribution in [3.8, 4) is 0 Å². The van der Waals surface area contributed by atoms with Gasteiger partial charge in [0.2, 0.25) is 0 Å². The van der Waals surface area contributed by atoms with Gasteiger partial charge >= 0.3 is 0 Å². The highest BCUT2D eigenvalue weighted by Crippen LogP contribution is 2.24. The lowest BCUT2D eigenvalue weighted by molar-refractivity contribution is 0.589. The molecule has 0 saturated heterocycles. The fourth-order valence-electron chi connectivity index (χ4n) is 3.56. The Labute approximate surface area is 186 Å². The minimum Gasteiger partial charge on any atom is -0.240 e. The monoisotopic (exact) mass is 437 g/mol. The molecule has 5 aromatic rings. The second-order valence-electron chi connectivity index (χ2n) is 7.20. The summed E-state index contributed by atoms with van der Waals surface area (Å²) in [5.41, 5.74) is 3.82. The van der Waals surface area contributed by atoms with E-state index in [1.54, 1.807) is 48.5 Å². The Bertz CT molecular complexity index is 1470. The fourth-order valence-corrected chi connectivity index (χ4v) is 4.93. The molecule has 2 aromatic heterocycles. The van der Waals surface area contributed by atoms with E-state index >= 15 is 0 Å². The van der Waals surface area contributed by atoms with Crippen LogP contribution >= 0.6 is 0 Å². The summed E-state index contributed by atoms with van der Waals surface area (Å²) in [5.74, 6) is 0.509. The Hall–Kier alpha value is -4.03. The lowest BCUT2D eigenvalue weighted by atomic mass is 10.0. The molecule has 32 heavy (non-hydrogen) atoms. The van der Waals surface area contributed by atoms with E-state index in [0.29, 0.717) is 16.9 Å². The predicted molar refractivity (Wildman–Crippen MR) is 127 cm³/mol. The van der Waals surface area contributed by atoms with Crippen LogP contribution in [0.15, 0.2) is 125 Å². The molecule has 0 aliphatic rings. The van der Waals surface area contributed by atoms with E-state index in [1.165, 1.54) is 10.2 Å². The highest BCUT2D eigenvalue weighted by molar-refractivity contribution is 7.90. The average molecular weight is 438 g/mol. The summed E-state index contributed by atoms with van der Waals surface area (Å²) in [6.07, 6.45) is 1.53. The zero-order chi connectivity index (χ0) is 22.0. The van der Waals surface area contributed by atoms with Gasteiger partial charge < -0.3 is 0 Å². The molecule has 0 bridgehead atoms. The van der Waals surface area contributed by atoms with Crippen molar-refractivity contribution in [2.45, 2.75) is 4.90 Å². The van der Waals surface area contributed by atoms with Crippen molar-refractivity contribution in [3.63, 3.8) is 0 Å². The zero-order valence-corrected chi connectivity index (χ0v) is 17.9. The minimum atomic E-state index is -3.70. The first-order valence-electron chi connectivity index (χ1n) is 10.1. The first-order chi connectivity index (χ1) is 15.6. The van der Waals surface area contributed by atoms with Crippen LogP contribution in [0.1, 0.15) is 11.1 Å². The summed E-state index contributed by atoms with van der Waals surface area (Å²) in [4.78, 5) is 9.68. The molecule has 0 radical (unpaired) electrons. The van der Waals surface area contributed by atoms with Crippen molar-refractivity contribution in [2.75, 3.05) is 0 Å². The molecule has 0 fully saturated rings. The van der Waals surface area contributed by atoms with E-state index in [1.807, 2.05) is 60.7 Å². The molecule has 156 valence electrons. The summed E-state index contributed by atoms with van der Waals surface area (Å²) in [6, 6.07) is 33.4. The number of aromatic nitrogens is 2. The number of hydrogen-bond donors (Lipinski definition) is 0. The molecular formula is C26H19N3O2S. The summed E-state index contributed by atoms with van der Waals surface area (Å²) in [6.45, 7) is 0. The van der Waals surface area contributed by atoms with Gasteiger partial charge in [0, 0.05) is 17.3 Å². The first-order valence-corrected chi connectivity index (χ1v) is 11.6. The highest BCUT2D eigenvalue weighted by Gasteiger charge is 2.19. The molecule has 0 N–H and O–H groups in total. The van der Waals surface area contributed by atoms with Gasteiger partial charge in [-0.1, -0.05) is 78.9 Å². The maximum absolute atomic E-state index is 13.0. The second kappa shape index (κ2) is 8.24. The molecule has 2 heterocycles.